The van der Waals surface area contributed by atoms with E-state index in [2.05, 4.69) is 10.6 Å². The molecule has 162 valence electrons. The van der Waals surface area contributed by atoms with Crippen LogP contribution in [0.15, 0.2) is 24.3 Å². The highest BCUT2D eigenvalue weighted by Crippen LogP contribution is 2.56. The Morgan fingerprint density at radius 3 is 2.37 bits per heavy atom. The molecule has 0 unspecified atom stereocenters. The molecule has 1 aromatic carbocycles. The number of hydrogen-bond acceptors (Lipinski definition) is 5. The molecule has 0 saturated carbocycles. The summed E-state index contributed by atoms with van der Waals surface area (Å²) in [6.07, 6.45) is 0. The van der Waals surface area contributed by atoms with Crippen LogP contribution in [0, 0.1) is 5.92 Å². The van der Waals surface area contributed by atoms with Gasteiger partial charge in [0.1, 0.15) is 23.5 Å². The number of rotatable bonds is 6. The largest absolute Gasteiger partial charge is 0.480 e. The molecule has 1 fully saturated rings. The van der Waals surface area contributed by atoms with Gasteiger partial charge in [0.15, 0.2) is 0 Å². The Morgan fingerprint density at radius 2 is 1.77 bits per heavy atom. The van der Waals surface area contributed by atoms with Crippen molar-refractivity contribution in [1.29, 1.82) is 0 Å². The van der Waals surface area contributed by atoms with Gasteiger partial charge in [-0.2, -0.15) is 0 Å². The zero-order chi connectivity index (χ0) is 22.4. The molecule has 0 aromatic heterocycles. The van der Waals surface area contributed by atoms with Gasteiger partial charge in [0.05, 0.1) is 0 Å². The van der Waals surface area contributed by atoms with Crippen molar-refractivity contribution in [2.24, 2.45) is 5.92 Å². The third-order valence-electron chi connectivity index (χ3n) is 5.53. The fourth-order valence-electron chi connectivity index (χ4n) is 3.95. The molecular weight excluding hydrogens is 406 g/mol. The monoisotopic (exact) mass is 433 g/mol. The van der Waals surface area contributed by atoms with E-state index >= 15 is 0 Å². The smallest absolute Gasteiger partial charge is 0.326 e. The molecule has 0 bridgehead atoms. The van der Waals surface area contributed by atoms with Crippen LogP contribution in [0.5, 0.6) is 0 Å². The average molecular weight is 434 g/mol. The van der Waals surface area contributed by atoms with Crippen molar-refractivity contribution in [1.82, 2.24) is 15.5 Å². The molecule has 9 heteroatoms. The van der Waals surface area contributed by atoms with Crippen molar-refractivity contribution in [2.75, 3.05) is 0 Å². The van der Waals surface area contributed by atoms with Crippen LogP contribution in [0.2, 0.25) is 0 Å². The first kappa shape index (κ1) is 22.1. The summed E-state index contributed by atoms with van der Waals surface area (Å²) in [5.41, 5.74) is 1.48. The third kappa shape index (κ3) is 3.78. The van der Waals surface area contributed by atoms with E-state index in [1.165, 1.54) is 6.92 Å². The topological polar surface area (TPSA) is 116 Å². The zero-order valence-electron chi connectivity index (χ0n) is 17.6. The Bertz CT molecular complexity index is 900. The zero-order valence-corrected chi connectivity index (χ0v) is 18.4. The van der Waals surface area contributed by atoms with E-state index < -0.39 is 40.7 Å². The quantitative estimate of drug-likeness (QED) is 0.630. The first-order chi connectivity index (χ1) is 14.0. The van der Waals surface area contributed by atoms with Gasteiger partial charge in [-0.25, -0.2) is 4.79 Å². The molecule has 0 radical (unpaired) electrons. The molecule has 2 aliphatic heterocycles. The van der Waals surface area contributed by atoms with Gasteiger partial charge in [-0.1, -0.05) is 32.0 Å². The number of nitrogens with zero attached hydrogens (tertiary/aromatic N) is 1. The number of carbonyl (C=O) groups excluding carboxylic acids is 3. The molecule has 2 aliphatic rings. The van der Waals surface area contributed by atoms with Crippen LogP contribution in [-0.4, -0.2) is 56.6 Å². The minimum atomic E-state index is -1.13. The Balaban J connectivity index is 1.76. The molecule has 8 nitrogen and oxygen atoms in total. The number of carboxylic acids is 1. The second kappa shape index (κ2) is 7.94. The van der Waals surface area contributed by atoms with Crippen LogP contribution in [0.1, 0.15) is 55.9 Å². The molecule has 1 saturated heterocycles. The van der Waals surface area contributed by atoms with Crippen LogP contribution in [0.3, 0.4) is 0 Å². The highest BCUT2D eigenvalue weighted by Gasteiger charge is 2.57. The van der Waals surface area contributed by atoms with Gasteiger partial charge in [0.2, 0.25) is 11.8 Å². The highest BCUT2D eigenvalue weighted by atomic mass is 32.2. The maximum absolute atomic E-state index is 13.2. The van der Waals surface area contributed by atoms with Crippen LogP contribution < -0.4 is 10.6 Å². The van der Waals surface area contributed by atoms with Crippen LogP contribution in [0.4, 0.5) is 0 Å². The lowest BCUT2D eigenvalue weighted by atomic mass is 10.00. The Morgan fingerprint density at radius 1 is 1.13 bits per heavy atom. The predicted molar refractivity (Wildman–Crippen MR) is 113 cm³/mol. The summed E-state index contributed by atoms with van der Waals surface area (Å²) in [4.78, 5) is 51.5. The Kier molecular flexibility index (Phi) is 5.86. The Labute approximate surface area is 179 Å². The number of carboxylic acid groups (broad SMARTS) is 1. The Hall–Kier alpha value is -2.55. The van der Waals surface area contributed by atoms with E-state index in [0.717, 1.165) is 5.56 Å². The molecule has 1 aromatic rings. The summed E-state index contributed by atoms with van der Waals surface area (Å²) < 4.78 is -0.560. The van der Waals surface area contributed by atoms with E-state index in [1.807, 2.05) is 26.0 Å². The van der Waals surface area contributed by atoms with E-state index in [0.29, 0.717) is 5.56 Å². The van der Waals surface area contributed by atoms with Gasteiger partial charge in [-0.3, -0.25) is 14.4 Å². The number of hydrogen-bond donors (Lipinski definition) is 3. The SMILES string of the molecule is CC(C)[C@@H](NC(=O)[C@H](C)NC(=O)[C@H]1N2C(=O)c3ccccc3[C@H]2SC1(C)C)C(=O)O. The summed E-state index contributed by atoms with van der Waals surface area (Å²) in [6.45, 7) is 8.69. The summed E-state index contributed by atoms with van der Waals surface area (Å²) in [6, 6.07) is 4.57. The summed E-state index contributed by atoms with van der Waals surface area (Å²) >= 11 is 1.54. The number of nitrogens with one attached hydrogen (secondary N) is 2. The number of fused-ring (bicyclic) bond motifs is 3. The predicted octanol–water partition coefficient (Wildman–Crippen LogP) is 1.77. The van der Waals surface area contributed by atoms with E-state index in [-0.39, 0.29) is 17.2 Å². The lowest BCUT2D eigenvalue weighted by Crippen LogP contribution is -2.57. The summed E-state index contributed by atoms with van der Waals surface area (Å²) in [5.74, 6) is -2.65. The lowest BCUT2D eigenvalue weighted by Gasteiger charge is -2.30. The van der Waals surface area contributed by atoms with Crippen LogP contribution in [-0.2, 0) is 14.4 Å². The number of benzene rings is 1. The number of aliphatic carboxylic acids is 1. The second-order valence-corrected chi connectivity index (χ2v) is 10.3. The van der Waals surface area contributed by atoms with Crippen LogP contribution >= 0.6 is 11.8 Å². The molecule has 30 heavy (non-hydrogen) atoms. The van der Waals surface area contributed by atoms with Crippen molar-refractivity contribution in [2.45, 2.75) is 62.9 Å². The normalized spacial score (nSPS) is 23.5. The van der Waals surface area contributed by atoms with Crippen molar-refractivity contribution >= 4 is 35.5 Å². The van der Waals surface area contributed by atoms with Crippen molar-refractivity contribution in [3.05, 3.63) is 35.4 Å². The van der Waals surface area contributed by atoms with Gasteiger partial charge >= 0.3 is 5.97 Å². The van der Waals surface area contributed by atoms with E-state index in [1.54, 1.807) is 42.6 Å². The van der Waals surface area contributed by atoms with Crippen LogP contribution in [0.25, 0.3) is 0 Å². The molecule has 0 aliphatic carbocycles. The molecule has 3 amide bonds. The fraction of sp³-hybridized carbons (Fsp3) is 0.524. The first-order valence-corrected chi connectivity index (χ1v) is 10.8. The van der Waals surface area contributed by atoms with Crippen molar-refractivity contribution < 1.29 is 24.3 Å². The first-order valence-electron chi connectivity index (χ1n) is 9.88. The summed E-state index contributed by atoms with van der Waals surface area (Å²) in [5, 5.41) is 14.1. The van der Waals surface area contributed by atoms with Gasteiger partial charge in [0, 0.05) is 10.3 Å². The average Bonchev–Trinajstić information content (AvgIpc) is 3.08. The van der Waals surface area contributed by atoms with Gasteiger partial charge in [-0.15, -0.1) is 11.8 Å². The maximum Gasteiger partial charge on any atom is 0.326 e. The van der Waals surface area contributed by atoms with Crippen molar-refractivity contribution in [3.8, 4) is 0 Å². The molecular formula is C21H27N3O5S. The van der Waals surface area contributed by atoms with Crippen molar-refractivity contribution in [3.63, 3.8) is 0 Å². The molecule has 3 N–H and O–H groups in total. The number of thioether (sulfide) groups is 1. The highest BCUT2D eigenvalue weighted by molar-refractivity contribution is 8.01. The third-order valence-corrected chi connectivity index (χ3v) is 7.06. The van der Waals surface area contributed by atoms with E-state index in [4.69, 9.17) is 0 Å². The van der Waals surface area contributed by atoms with Gasteiger partial charge < -0.3 is 20.6 Å². The minimum absolute atomic E-state index is 0.198. The number of carbonyl (C=O) groups is 4. The maximum atomic E-state index is 13.2. The fourth-order valence-corrected chi connectivity index (χ4v) is 5.54. The van der Waals surface area contributed by atoms with Gasteiger partial charge in [-0.05, 0) is 38.3 Å². The van der Waals surface area contributed by atoms with Gasteiger partial charge in [0.25, 0.3) is 5.91 Å². The molecule has 0 spiro atoms. The minimum Gasteiger partial charge on any atom is -0.480 e. The van der Waals surface area contributed by atoms with E-state index in [9.17, 15) is 24.3 Å². The number of amides is 3. The lowest BCUT2D eigenvalue weighted by molar-refractivity contribution is -0.143. The summed E-state index contributed by atoms with van der Waals surface area (Å²) in [7, 11) is 0. The second-order valence-electron chi connectivity index (χ2n) is 8.57. The standard InChI is InChI=1S/C21H27N3O5S/c1-10(2)14(20(28)29)23-16(25)11(3)22-17(26)15-21(4,5)30-19-13-9-7-6-8-12(13)18(27)24(15)19/h6-11,14-15,19H,1-5H3,(H,22,26)(H,23,25)(H,28,29)/t11-,14+,15+,19+/m0/s1. The molecule has 2 heterocycles. The molecule has 3 rings (SSSR count). The molecule has 4 atom stereocenters.